The van der Waals surface area contributed by atoms with Crippen molar-refractivity contribution in [1.29, 1.82) is 0 Å². The van der Waals surface area contributed by atoms with Crippen LogP contribution in [-0.4, -0.2) is 56.6 Å². The Morgan fingerprint density at radius 3 is 2.86 bits per heavy atom. The fraction of sp³-hybridized carbons (Fsp3) is 0.400. The Labute approximate surface area is 162 Å². The van der Waals surface area contributed by atoms with Crippen molar-refractivity contribution in [2.75, 3.05) is 20.2 Å². The molecule has 3 aromatic rings. The van der Waals surface area contributed by atoms with E-state index in [2.05, 4.69) is 15.2 Å². The van der Waals surface area contributed by atoms with Gasteiger partial charge in [0.2, 0.25) is 0 Å². The third kappa shape index (κ3) is 2.94. The number of pyridine rings is 1. The molecule has 1 amide bonds. The summed E-state index contributed by atoms with van der Waals surface area (Å²) in [7, 11) is 1.34. The van der Waals surface area contributed by atoms with Gasteiger partial charge in [-0.1, -0.05) is 6.07 Å². The highest BCUT2D eigenvalue weighted by atomic mass is 16.5. The molecule has 0 bridgehead atoms. The van der Waals surface area contributed by atoms with Crippen molar-refractivity contribution in [1.82, 2.24) is 24.5 Å². The van der Waals surface area contributed by atoms with Gasteiger partial charge >= 0.3 is 5.97 Å². The highest BCUT2D eigenvalue weighted by Crippen LogP contribution is 2.28. The standard InChI is InChI=1S/C20H23N5O3/c1-12-16(20(27)28-3)13(2)21-17(12)19(26)24-9-6-7-14(11-24)18-23-22-15-8-4-5-10-25(15)18/h4-5,8,10,14,21H,6-7,9,11H2,1-3H3/t14-/m1/s1. The van der Waals surface area contributed by atoms with E-state index in [4.69, 9.17) is 4.74 Å². The van der Waals surface area contributed by atoms with Crippen LogP contribution >= 0.6 is 0 Å². The number of likely N-dealkylation sites (tertiary alicyclic amines) is 1. The molecule has 0 radical (unpaired) electrons. The van der Waals surface area contributed by atoms with Crippen molar-refractivity contribution in [2.24, 2.45) is 0 Å². The maximum absolute atomic E-state index is 13.2. The van der Waals surface area contributed by atoms with Gasteiger partial charge in [0.05, 0.1) is 12.7 Å². The molecule has 1 aliphatic heterocycles. The summed E-state index contributed by atoms with van der Waals surface area (Å²) in [6.45, 7) is 4.80. The molecule has 0 aliphatic carbocycles. The second-order valence-corrected chi connectivity index (χ2v) is 7.19. The summed E-state index contributed by atoms with van der Waals surface area (Å²) in [6.07, 6.45) is 3.79. The quantitative estimate of drug-likeness (QED) is 0.704. The number of aromatic nitrogens is 4. The van der Waals surface area contributed by atoms with Gasteiger partial charge in [0, 0.05) is 30.9 Å². The van der Waals surface area contributed by atoms with Crippen LogP contribution in [0.3, 0.4) is 0 Å². The van der Waals surface area contributed by atoms with E-state index >= 15 is 0 Å². The molecular formula is C20H23N5O3. The molecule has 8 heteroatoms. The van der Waals surface area contributed by atoms with Gasteiger partial charge < -0.3 is 14.6 Å². The maximum atomic E-state index is 13.2. The number of hydrogen-bond donors (Lipinski definition) is 1. The Morgan fingerprint density at radius 2 is 2.07 bits per heavy atom. The number of ether oxygens (including phenoxy) is 1. The van der Waals surface area contributed by atoms with Gasteiger partial charge in [0.15, 0.2) is 5.65 Å². The first kappa shape index (κ1) is 18.2. The highest BCUT2D eigenvalue weighted by molar-refractivity contribution is 6.00. The van der Waals surface area contributed by atoms with E-state index in [0.717, 1.165) is 24.3 Å². The van der Waals surface area contributed by atoms with Crippen molar-refractivity contribution >= 4 is 17.5 Å². The van der Waals surface area contributed by atoms with Crippen molar-refractivity contribution in [3.8, 4) is 0 Å². The minimum atomic E-state index is -0.434. The first-order chi connectivity index (χ1) is 13.5. The molecule has 1 atom stereocenters. The zero-order valence-corrected chi connectivity index (χ0v) is 16.2. The van der Waals surface area contributed by atoms with Gasteiger partial charge in [-0.05, 0) is 44.4 Å². The number of rotatable bonds is 3. The molecule has 1 N–H and O–H groups in total. The lowest BCUT2D eigenvalue weighted by atomic mass is 9.96. The SMILES string of the molecule is COC(=O)c1c(C)[nH]c(C(=O)N2CCC[C@@H](c3nnc4ccccn34)C2)c1C. The van der Waals surface area contributed by atoms with Crippen molar-refractivity contribution in [2.45, 2.75) is 32.6 Å². The van der Waals surface area contributed by atoms with Crippen LogP contribution in [-0.2, 0) is 4.74 Å². The lowest BCUT2D eigenvalue weighted by molar-refractivity contribution is 0.0599. The number of fused-ring (bicyclic) bond motifs is 1. The average Bonchev–Trinajstić information content (AvgIpc) is 3.27. The van der Waals surface area contributed by atoms with Crippen LogP contribution in [0.2, 0.25) is 0 Å². The van der Waals surface area contributed by atoms with Gasteiger partial charge in [-0.25, -0.2) is 4.79 Å². The third-order valence-electron chi connectivity index (χ3n) is 5.45. The molecule has 0 saturated carbocycles. The van der Waals surface area contributed by atoms with Crippen LogP contribution in [0.4, 0.5) is 0 Å². The van der Waals surface area contributed by atoms with Crippen LogP contribution in [0.1, 0.15) is 56.7 Å². The fourth-order valence-corrected chi connectivity index (χ4v) is 4.04. The number of amides is 1. The molecule has 0 spiro atoms. The van der Waals surface area contributed by atoms with Crippen LogP contribution in [0.25, 0.3) is 5.65 Å². The van der Waals surface area contributed by atoms with Gasteiger partial charge in [-0.15, -0.1) is 10.2 Å². The topological polar surface area (TPSA) is 92.6 Å². The Morgan fingerprint density at radius 1 is 1.25 bits per heavy atom. The number of aryl methyl sites for hydroxylation is 1. The van der Waals surface area contributed by atoms with Crippen LogP contribution < -0.4 is 0 Å². The van der Waals surface area contributed by atoms with E-state index in [-0.39, 0.29) is 11.8 Å². The molecule has 8 nitrogen and oxygen atoms in total. The van der Waals surface area contributed by atoms with Gasteiger partial charge in [0.25, 0.3) is 5.91 Å². The Bertz CT molecular complexity index is 1050. The second-order valence-electron chi connectivity index (χ2n) is 7.19. The molecule has 3 aromatic heterocycles. The Balaban J connectivity index is 1.60. The van der Waals surface area contributed by atoms with Crippen molar-refractivity contribution in [3.05, 3.63) is 52.7 Å². The van der Waals surface area contributed by atoms with Gasteiger partial charge in [0.1, 0.15) is 11.5 Å². The number of piperidine rings is 1. The number of hydrogen-bond acceptors (Lipinski definition) is 5. The molecule has 1 aliphatic rings. The number of aromatic amines is 1. The first-order valence-corrected chi connectivity index (χ1v) is 9.37. The lowest BCUT2D eigenvalue weighted by Crippen LogP contribution is -2.40. The predicted octanol–water partition coefficient (Wildman–Crippen LogP) is 2.48. The van der Waals surface area contributed by atoms with Gasteiger partial charge in [-0.2, -0.15) is 0 Å². The maximum Gasteiger partial charge on any atom is 0.339 e. The molecular weight excluding hydrogens is 358 g/mol. The van der Waals surface area contributed by atoms with Crippen molar-refractivity contribution < 1.29 is 14.3 Å². The summed E-state index contributed by atoms with van der Waals surface area (Å²) in [5, 5.41) is 8.59. The number of methoxy groups -OCH3 is 1. The van der Waals surface area contributed by atoms with Crippen LogP contribution in [0.15, 0.2) is 24.4 Å². The van der Waals surface area contributed by atoms with Crippen molar-refractivity contribution in [3.63, 3.8) is 0 Å². The normalized spacial score (nSPS) is 17.1. The van der Waals surface area contributed by atoms with E-state index in [1.165, 1.54) is 7.11 Å². The summed E-state index contributed by atoms with van der Waals surface area (Å²) in [5.74, 6) is 0.459. The molecule has 0 aromatic carbocycles. The number of carbonyl (C=O) groups excluding carboxylic acids is 2. The number of nitrogens with zero attached hydrogens (tertiary/aromatic N) is 4. The summed E-state index contributed by atoms with van der Waals surface area (Å²) in [4.78, 5) is 30.1. The lowest BCUT2D eigenvalue weighted by Gasteiger charge is -2.32. The molecule has 4 heterocycles. The first-order valence-electron chi connectivity index (χ1n) is 9.37. The summed E-state index contributed by atoms with van der Waals surface area (Å²) in [5.41, 5.74) is 2.96. The largest absolute Gasteiger partial charge is 0.465 e. The number of esters is 1. The fourth-order valence-electron chi connectivity index (χ4n) is 4.04. The number of carbonyl (C=O) groups is 2. The van der Waals surface area contributed by atoms with E-state index in [1.807, 2.05) is 33.7 Å². The average molecular weight is 381 g/mol. The predicted molar refractivity (Wildman–Crippen MR) is 102 cm³/mol. The molecule has 1 saturated heterocycles. The van der Waals surface area contributed by atoms with E-state index in [1.54, 1.807) is 13.8 Å². The molecule has 28 heavy (non-hydrogen) atoms. The molecule has 4 rings (SSSR count). The molecule has 146 valence electrons. The highest BCUT2D eigenvalue weighted by Gasteiger charge is 2.31. The minimum Gasteiger partial charge on any atom is -0.465 e. The zero-order chi connectivity index (χ0) is 19.8. The number of H-pyrrole nitrogens is 1. The second kappa shape index (κ2) is 7.10. The van der Waals surface area contributed by atoms with Gasteiger partial charge in [-0.3, -0.25) is 9.20 Å². The summed E-state index contributed by atoms with van der Waals surface area (Å²) in [6, 6.07) is 5.80. The summed E-state index contributed by atoms with van der Waals surface area (Å²) >= 11 is 0. The smallest absolute Gasteiger partial charge is 0.339 e. The number of nitrogens with one attached hydrogen (secondary N) is 1. The minimum absolute atomic E-state index is 0.103. The van der Waals surface area contributed by atoms with E-state index < -0.39 is 5.97 Å². The Kier molecular flexibility index (Phi) is 4.62. The molecule has 0 unspecified atom stereocenters. The van der Waals surface area contributed by atoms with Crippen LogP contribution in [0, 0.1) is 13.8 Å². The van der Waals surface area contributed by atoms with Crippen LogP contribution in [0.5, 0.6) is 0 Å². The monoisotopic (exact) mass is 381 g/mol. The van der Waals surface area contributed by atoms with E-state index in [9.17, 15) is 9.59 Å². The zero-order valence-electron chi connectivity index (χ0n) is 16.2. The summed E-state index contributed by atoms with van der Waals surface area (Å²) < 4.78 is 6.83. The third-order valence-corrected chi connectivity index (χ3v) is 5.45. The Hall–Kier alpha value is -3.16. The van der Waals surface area contributed by atoms with E-state index in [0.29, 0.717) is 35.6 Å². The molecule has 1 fully saturated rings.